The maximum atomic E-state index is 12.4. The van der Waals surface area contributed by atoms with Crippen LogP contribution in [0.3, 0.4) is 0 Å². The lowest BCUT2D eigenvalue weighted by Gasteiger charge is -2.14. The Morgan fingerprint density at radius 1 is 0.487 bits per heavy atom. The maximum absolute atomic E-state index is 12.4. The van der Waals surface area contributed by atoms with E-state index >= 15 is 0 Å². The molecule has 0 aliphatic heterocycles. The van der Waals surface area contributed by atoms with E-state index in [1.165, 1.54) is 0 Å². The third-order valence-corrected chi connectivity index (χ3v) is 6.57. The Hall–Kier alpha value is -5.42. The fourth-order valence-electron chi connectivity index (χ4n) is 4.53. The van der Waals surface area contributed by atoms with Crippen LogP contribution in [-0.2, 0) is 9.59 Å². The summed E-state index contributed by atoms with van der Waals surface area (Å²) in [6.07, 6.45) is 10.4. The Bertz CT molecular complexity index is 1560. The van der Waals surface area contributed by atoms with Crippen LogP contribution in [0.25, 0.3) is 23.3 Å². The van der Waals surface area contributed by atoms with E-state index in [0.29, 0.717) is 22.6 Å². The van der Waals surface area contributed by atoms with Crippen LogP contribution < -0.4 is 15.4 Å². The smallest absolute Gasteiger partial charge is 0.187 e. The van der Waals surface area contributed by atoms with Gasteiger partial charge in [-0.3, -0.25) is 9.59 Å². The normalized spacial score (nSPS) is 15.7. The van der Waals surface area contributed by atoms with Gasteiger partial charge in [0, 0.05) is 34.9 Å². The summed E-state index contributed by atoms with van der Waals surface area (Å²) in [4.78, 5) is 24.8. The molecule has 5 nitrogen and oxygen atoms in total. The molecular weight excluding hydrogens is 484 g/mol. The molecule has 2 aliphatic carbocycles. The van der Waals surface area contributed by atoms with Gasteiger partial charge in [-0.2, -0.15) is 0 Å². The van der Waals surface area contributed by atoms with Crippen LogP contribution in [0.4, 0.5) is 11.4 Å². The fourth-order valence-corrected chi connectivity index (χ4v) is 4.53. The van der Waals surface area contributed by atoms with Gasteiger partial charge in [0.05, 0.1) is 0 Å². The lowest BCUT2D eigenvalue weighted by atomic mass is 9.92. The highest BCUT2D eigenvalue weighted by molar-refractivity contribution is 6.30. The molecule has 39 heavy (non-hydrogen) atoms. The minimum absolute atomic E-state index is 0.0257. The number of fused-ring (bicyclic) bond motifs is 2. The summed E-state index contributed by atoms with van der Waals surface area (Å²) in [5.41, 5.74) is 6.83. The van der Waals surface area contributed by atoms with E-state index in [4.69, 9.17) is 4.74 Å². The summed E-state index contributed by atoms with van der Waals surface area (Å²) in [5.74, 6) is 1.33. The summed E-state index contributed by atoms with van der Waals surface area (Å²) in [6.45, 7) is 0. The number of rotatable bonds is 6. The molecule has 0 radical (unpaired) electrons. The number of anilines is 2. The van der Waals surface area contributed by atoms with Crippen LogP contribution in [0.2, 0.25) is 0 Å². The van der Waals surface area contributed by atoms with Gasteiger partial charge < -0.3 is 15.4 Å². The molecule has 4 aromatic rings. The van der Waals surface area contributed by atoms with E-state index < -0.39 is 0 Å². The number of allylic oxidation sites excluding steroid dienone is 4. The Labute approximate surface area is 226 Å². The summed E-state index contributed by atoms with van der Waals surface area (Å²) in [6, 6.07) is 30.7. The van der Waals surface area contributed by atoms with E-state index in [0.717, 1.165) is 33.6 Å². The molecule has 0 amide bonds. The van der Waals surface area contributed by atoms with Crippen molar-refractivity contribution in [1.82, 2.24) is 0 Å². The molecule has 0 saturated carbocycles. The van der Waals surface area contributed by atoms with Crippen molar-refractivity contribution in [3.05, 3.63) is 144 Å². The van der Waals surface area contributed by atoms with Gasteiger partial charge in [0.15, 0.2) is 11.6 Å². The number of hydrogen-bond donors (Lipinski definition) is 2. The fraction of sp³-hybridized carbons (Fsp3) is 0. The Kier molecular flexibility index (Phi) is 6.46. The maximum Gasteiger partial charge on any atom is 0.187 e. The molecule has 0 saturated heterocycles. The van der Waals surface area contributed by atoms with Crippen molar-refractivity contribution in [1.29, 1.82) is 0 Å². The van der Waals surface area contributed by atoms with Gasteiger partial charge in [-0.05, 0) is 82.9 Å². The molecule has 0 bridgehead atoms. The van der Waals surface area contributed by atoms with Gasteiger partial charge in [-0.1, -0.05) is 60.7 Å². The molecule has 188 valence electrons. The molecule has 0 unspecified atom stereocenters. The van der Waals surface area contributed by atoms with Crippen molar-refractivity contribution in [3.8, 4) is 11.5 Å². The predicted molar refractivity (Wildman–Crippen MR) is 157 cm³/mol. The molecule has 0 spiro atoms. The second-order valence-electron chi connectivity index (χ2n) is 9.13. The zero-order valence-corrected chi connectivity index (χ0v) is 20.9. The molecular formula is C34H24N2O3. The molecule has 5 heteroatoms. The van der Waals surface area contributed by atoms with E-state index in [9.17, 15) is 9.59 Å². The SMILES string of the molecule is O=C1C=Cc2ccccc2C1=CNc1ccc(Oc2ccc(NC=C3C(=O)C=Cc4ccccc43)cc2)cc1. The summed E-state index contributed by atoms with van der Waals surface area (Å²) >= 11 is 0. The van der Waals surface area contributed by atoms with Crippen molar-refractivity contribution in [2.75, 3.05) is 10.6 Å². The number of ether oxygens (including phenoxy) is 1. The quantitative estimate of drug-likeness (QED) is 0.263. The summed E-state index contributed by atoms with van der Waals surface area (Å²) in [7, 11) is 0. The first kappa shape index (κ1) is 23.9. The number of benzene rings is 4. The standard InChI is InChI=1S/C34H24N2O3/c37-33-19-9-23-5-1-3-7-29(23)31(33)21-35-25-11-15-27(16-12-25)39-28-17-13-26(14-18-28)36-22-32-30-8-4-2-6-24(30)10-20-34(32)38/h1-22,35-36H. The highest BCUT2D eigenvalue weighted by Gasteiger charge is 2.17. The third kappa shape index (κ3) is 5.20. The zero-order valence-electron chi connectivity index (χ0n) is 20.9. The van der Waals surface area contributed by atoms with Gasteiger partial charge in [-0.25, -0.2) is 0 Å². The van der Waals surface area contributed by atoms with Crippen LogP contribution in [0.15, 0.2) is 122 Å². The van der Waals surface area contributed by atoms with E-state index in [1.807, 2.05) is 109 Å². The summed E-state index contributed by atoms with van der Waals surface area (Å²) in [5, 5.41) is 6.44. The number of hydrogen-bond acceptors (Lipinski definition) is 5. The zero-order chi connectivity index (χ0) is 26.6. The Morgan fingerprint density at radius 2 is 0.897 bits per heavy atom. The van der Waals surface area contributed by atoms with Crippen LogP contribution in [0.1, 0.15) is 22.3 Å². The minimum Gasteiger partial charge on any atom is -0.457 e. The van der Waals surface area contributed by atoms with Crippen molar-refractivity contribution >= 4 is 46.2 Å². The highest BCUT2D eigenvalue weighted by Crippen LogP contribution is 2.29. The molecule has 0 fully saturated rings. The average molecular weight is 509 g/mol. The summed E-state index contributed by atoms with van der Waals surface area (Å²) < 4.78 is 5.99. The first-order valence-corrected chi connectivity index (χ1v) is 12.6. The molecule has 6 rings (SSSR count). The van der Waals surface area contributed by atoms with Crippen LogP contribution in [0, 0.1) is 0 Å². The second-order valence-corrected chi connectivity index (χ2v) is 9.13. The van der Waals surface area contributed by atoms with Crippen LogP contribution >= 0.6 is 0 Å². The van der Waals surface area contributed by atoms with E-state index in [2.05, 4.69) is 10.6 Å². The average Bonchev–Trinajstić information content (AvgIpc) is 2.98. The monoisotopic (exact) mass is 508 g/mol. The first-order valence-electron chi connectivity index (χ1n) is 12.6. The van der Waals surface area contributed by atoms with Crippen molar-refractivity contribution < 1.29 is 14.3 Å². The molecule has 0 heterocycles. The molecule has 2 aliphatic rings. The molecule has 0 atom stereocenters. The number of carbonyl (C=O) groups is 2. The van der Waals surface area contributed by atoms with Gasteiger partial charge in [0.2, 0.25) is 0 Å². The largest absolute Gasteiger partial charge is 0.457 e. The molecule has 4 aromatic carbocycles. The lowest BCUT2D eigenvalue weighted by Crippen LogP contribution is -2.06. The van der Waals surface area contributed by atoms with Crippen LogP contribution in [-0.4, -0.2) is 11.6 Å². The number of nitrogens with one attached hydrogen (secondary N) is 2. The Morgan fingerprint density at radius 3 is 1.33 bits per heavy atom. The van der Waals surface area contributed by atoms with E-state index in [1.54, 1.807) is 24.6 Å². The number of carbonyl (C=O) groups excluding carboxylic acids is 2. The van der Waals surface area contributed by atoms with E-state index in [-0.39, 0.29) is 11.6 Å². The van der Waals surface area contributed by atoms with Crippen molar-refractivity contribution in [3.63, 3.8) is 0 Å². The highest BCUT2D eigenvalue weighted by atomic mass is 16.5. The topological polar surface area (TPSA) is 67.4 Å². The predicted octanol–water partition coefficient (Wildman–Crippen LogP) is 7.58. The minimum atomic E-state index is -0.0257. The Balaban J connectivity index is 1.09. The van der Waals surface area contributed by atoms with Gasteiger partial charge in [-0.15, -0.1) is 0 Å². The lowest BCUT2D eigenvalue weighted by molar-refractivity contribution is -0.110. The van der Waals surface area contributed by atoms with Crippen LogP contribution in [0.5, 0.6) is 11.5 Å². The van der Waals surface area contributed by atoms with Crippen molar-refractivity contribution in [2.24, 2.45) is 0 Å². The first-order chi connectivity index (χ1) is 19.1. The molecule has 2 N–H and O–H groups in total. The van der Waals surface area contributed by atoms with Gasteiger partial charge in [0.25, 0.3) is 0 Å². The number of ketones is 2. The van der Waals surface area contributed by atoms with Gasteiger partial charge >= 0.3 is 0 Å². The van der Waals surface area contributed by atoms with Gasteiger partial charge in [0.1, 0.15) is 11.5 Å². The molecule has 0 aromatic heterocycles. The third-order valence-electron chi connectivity index (χ3n) is 6.57. The van der Waals surface area contributed by atoms with Crippen molar-refractivity contribution in [2.45, 2.75) is 0 Å². The second kappa shape index (κ2) is 10.5.